The van der Waals surface area contributed by atoms with Crippen molar-refractivity contribution in [1.82, 2.24) is 0 Å². The molecule has 2 N–H and O–H groups in total. The molecule has 0 saturated carbocycles. The summed E-state index contributed by atoms with van der Waals surface area (Å²) in [4.78, 5) is 0.0573. The molecule has 122 valence electrons. The van der Waals surface area contributed by atoms with Crippen molar-refractivity contribution in [3.63, 3.8) is 0 Å². The normalized spacial score (nSPS) is 11.6. The quantitative estimate of drug-likeness (QED) is 0.560. The van der Waals surface area contributed by atoms with Crippen molar-refractivity contribution in [2.75, 3.05) is 0 Å². The van der Waals surface area contributed by atoms with E-state index in [1.165, 1.54) is 6.07 Å². The minimum Gasteiger partial charge on any atom is -0.197 e. The van der Waals surface area contributed by atoms with Crippen LogP contribution in [-0.2, 0) is 14.4 Å². The van der Waals surface area contributed by atoms with E-state index in [4.69, 9.17) is 5.90 Å². The van der Waals surface area contributed by atoms with Gasteiger partial charge in [0, 0.05) is 0 Å². The van der Waals surface area contributed by atoms with Gasteiger partial charge in [0.15, 0.2) is 0 Å². The van der Waals surface area contributed by atoms with Crippen LogP contribution >= 0.6 is 7.92 Å². The Labute approximate surface area is 142 Å². The molecule has 0 aliphatic carbocycles. The number of nitrogens with two attached hydrogens (primary N) is 1. The van der Waals surface area contributed by atoms with Crippen LogP contribution in [0.5, 0.6) is 0 Å². The molecule has 0 aliphatic rings. The van der Waals surface area contributed by atoms with E-state index < -0.39 is 18.0 Å². The van der Waals surface area contributed by atoms with Crippen LogP contribution in [0.25, 0.3) is 0 Å². The molecule has 0 bridgehead atoms. The van der Waals surface area contributed by atoms with Crippen LogP contribution in [0.3, 0.4) is 0 Å². The van der Waals surface area contributed by atoms with Crippen molar-refractivity contribution < 1.29 is 12.7 Å². The molecule has 3 aromatic carbocycles. The average Bonchev–Trinajstić information content (AvgIpc) is 2.64. The molecule has 0 atom stereocenters. The lowest BCUT2D eigenvalue weighted by atomic mass is 10.3. The Hall–Kier alpha value is -2.04. The van der Waals surface area contributed by atoms with E-state index in [-0.39, 0.29) is 4.90 Å². The van der Waals surface area contributed by atoms with Crippen molar-refractivity contribution in [3.05, 3.63) is 84.9 Å². The zero-order chi connectivity index (χ0) is 17.0. The van der Waals surface area contributed by atoms with Gasteiger partial charge in [-0.3, -0.25) is 0 Å². The maximum Gasteiger partial charge on any atom is 0.312 e. The fourth-order valence-corrected chi connectivity index (χ4v) is 5.49. The summed E-state index contributed by atoms with van der Waals surface area (Å²) < 4.78 is 28.0. The highest BCUT2D eigenvalue weighted by Crippen LogP contribution is 2.33. The predicted octanol–water partition coefficient (Wildman–Crippen LogP) is 2.02. The summed E-state index contributed by atoms with van der Waals surface area (Å²) in [5.41, 5.74) is 0. The lowest BCUT2D eigenvalue weighted by Crippen LogP contribution is -2.21. The van der Waals surface area contributed by atoms with Crippen molar-refractivity contribution in [2.45, 2.75) is 4.90 Å². The molecule has 0 fully saturated rings. The summed E-state index contributed by atoms with van der Waals surface area (Å²) in [5, 5.41) is 3.20. The van der Waals surface area contributed by atoms with E-state index in [9.17, 15) is 8.42 Å². The Morgan fingerprint density at radius 3 is 1.71 bits per heavy atom. The van der Waals surface area contributed by atoms with Gasteiger partial charge in [-0.05, 0) is 36.0 Å². The molecular weight excluding hydrogens is 341 g/mol. The van der Waals surface area contributed by atoms with E-state index in [0.717, 1.165) is 15.9 Å². The van der Waals surface area contributed by atoms with Crippen molar-refractivity contribution in [3.8, 4) is 0 Å². The van der Waals surface area contributed by atoms with E-state index in [0.29, 0.717) is 0 Å². The van der Waals surface area contributed by atoms with Gasteiger partial charge in [-0.1, -0.05) is 72.8 Å². The second-order valence-electron chi connectivity index (χ2n) is 5.05. The second kappa shape index (κ2) is 7.24. The molecule has 3 rings (SSSR count). The zero-order valence-electron chi connectivity index (χ0n) is 12.7. The molecule has 0 aliphatic heterocycles. The van der Waals surface area contributed by atoms with Crippen LogP contribution < -0.4 is 21.8 Å². The van der Waals surface area contributed by atoms with Crippen molar-refractivity contribution in [1.29, 1.82) is 0 Å². The van der Waals surface area contributed by atoms with Gasteiger partial charge in [0.1, 0.15) is 0 Å². The van der Waals surface area contributed by atoms with E-state index >= 15 is 0 Å². The number of rotatable bonds is 5. The molecule has 4 nitrogen and oxygen atoms in total. The Bertz CT molecular complexity index is 876. The van der Waals surface area contributed by atoms with Gasteiger partial charge < -0.3 is 0 Å². The van der Waals surface area contributed by atoms with Crippen LogP contribution in [0.15, 0.2) is 89.8 Å². The van der Waals surface area contributed by atoms with Crippen LogP contribution in [0.2, 0.25) is 0 Å². The summed E-state index contributed by atoms with van der Waals surface area (Å²) in [5.74, 6) is 4.90. The Kier molecular flexibility index (Phi) is 5.07. The van der Waals surface area contributed by atoms with E-state index in [1.54, 1.807) is 12.1 Å². The van der Waals surface area contributed by atoms with Crippen LogP contribution in [0, 0.1) is 0 Å². The van der Waals surface area contributed by atoms with E-state index in [2.05, 4.69) is 28.5 Å². The fraction of sp³-hybridized carbons (Fsp3) is 0. The van der Waals surface area contributed by atoms with Gasteiger partial charge in [0.05, 0.1) is 4.90 Å². The standard InChI is InChI=1S/C18H16NO3PS/c19-22-24(20,21)18-13-7-12-17(14-18)23(15-8-3-1-4-9-15)16-10-5-2-6-11-16/h1-14H,19H2. The Morgan fingerprint density at radius 1 is 0.708 bits per heavy atom. The summed E-state index contributed by atoms with van der Waals surface area (Å²) in [6.07, 6.45) is 0. The number of hydrogen-bond acceptors (Lipinski definition) is 4. The Morgan fingerprint density at radius 2 is 1.21 bits per heavy atom. The topological polar surface area (TPSA) is 69.4 Å². The molecule has 0 spiro atoms. The van der Waals surface area contributed by atoms with Gasteiger partial charge >= 0.3 is 10.1 Å². The first-order valence-electron chi connectivity index (χ1n) is 7.25. The molecular formula is C18H16NO3PS. The molecule has 0 unspecified atom stereocenters. The highest BCUT2D eigenvalue weighted by Gasteiger charge is 2.20. The monoisotopic (exact) mass is 357 g/mol. The van der Waals surface area contributed by atoms with Crippen LogP contribution in [0.4, 0.5) is 0 Å². The second-order valence-corrected chi connectivity index (χ2v) is 8.85. The summed E-state index contributed by atoms with van der Waals surface area (Å²) in [7, 11) is -4.81. The largest absolute Gasteiger partial charge is 0.312 e. The SMILES string of the molecule is NOS(=O)(=O)c1cccc(P(c2ccccc2)c2ccccc2)c1. The van der Waals surface area contributed by atoms with Crippen LogP contribution in [0.1, 0.15) is 0 Å². The summed E-state index contributed by atoms with van der Waals surface area (Å²) in [6.45, 7) is 0. The highest BCUT2D eigenvalue weighted by atomic mass is 32.2. The van der Waals surface area contributed by atoms with Crippen molar-refractivity contribution in [2.24, 2.45) is 5.90 Å². The first kappa shape index (κ1) is 16.8. The highest BCUT2D eigenvalue weighted by molar-refractivity contribution is 7.86. The third-order valence-electron chi connectivity index (χ3n) is 3.52. The molecule has 0 amide bonds. The fourth-order valence-electron chi connectivity index (χ4n) is 2.44. The minimum absolute atomic E-state index is 0.0573. The Balaban J connectivity index is 2.16. The number of hydrogen-bond donors (Lipinski definition) is 1. The third-order valence-corrected chi connectivity index (χ3v) is 7.03. The molecule has 6 heteroatoms. The molecule has 0 aromatic heterocycles. The van der Waals surface area contributed by atoms with Gasteiger partial charge in [-0.25, -0.2) is 0 Å². The lowest BCUT2D eigenvalue weighted by Gasteiger charge is -2.19. The molecule has 0 heterocycles. The van der Waals surface area contributed by atoms with E-state index in [1.807, 2.05) is 42.5 Å². The zero-order valence-corrected chi connectivity index (χ0v) is 14.5. The van der Waals surface area contributed by atoms with Crippen LogP contribution in [-0.4, -0.2) is 8.42 Å². The minimum atomic E-state index is -3.93. The predicted molar refractivity (Wildman–Crippen MR) is 97.6 cm³/mol. The van der Waals surface area contributed by atoms with Crippen molar-refractivity contribution >= 4 is 34.0 Å². The average molecular weight is 357 g/mol. The first-order valence-corrected chi connectivity index (χ1v) is 10.0. The smallest absolute Gasteiger partial charge is 0.197 e. The maximum absolute atomic E-state index is 11.9. The summed E-state index contributed by atoms with van der Waals surface area (Å²) in [6, 6.07) is 26.8. The lowest BCUT2D eigenvalue weighted by molar-refractivity contribution is 0.333. The molecule has 0 radical (unpaired) electrons. The maximum atomic E-state index is 11.9. The van der Waals surface area contributed by atoms with Gasteiger partial charge in [-0.2, -0.15) is 18.6 Å². The molecule has 0 saturated heterocycles. The van der Waals surface area contributed by atoms with Gasteiger partial charge in [0.25, 0.3) is 0 Å². The van der Waals surface area contributed by atoms with Gasteiger partial charge in [0.2, 0.25) is 0 Å². The third kappa shape index (κ3) is 3.55. The molecule has 24 heavy (non-hydrogen) atoms. The van der Waals surface area contributed by atoms with Gasteiger partial charge in [-0.15, -0.1) is 0 Å². The first-order chi connectivity index (χ1) is 11.6. The number of benzene rings is 3. The summed E-state index contributed by atoms with van der Waals surface area (Å²) >= 11 is 0. The molecule has 3 aromatic rings.